The molecule has 0 bridgehead atoms. The average molecular weight is 355 g/mol. The molecule has 2 aromatic rings. The Balaban J connectivity index is 2.30. The van der Waals surface area contributed by atoms with Gasteiger partial charge in [0, 0.05) is 27.8 Å². The highest BCUT2D eigenvalue weighted by atomic mass is 79.9. The van der Waals surface area contributed by atoms with Crippen LogP contribution in [0.15, 0.2) is 46.9 Å². The quantitative estimate of drug-likeness (QED) is 0.853. The van der Waals surface area contributed by atoms with Crippen molar-refractivity contribution in [2.75, 3.05) is 11.9 Å². The second-order valence-corrected chi connectivity index (χ2v) is 6.12. The Labute approximate surface area is 133 Å². The van der Waals surface area contributed by atoms with E-state index in [-0.39, 0.29) is 12.6 Å². The van der Waals surface area contributed by atoms with Gasteiger partial charge in [-0.1, -0.05) is 39.7 Å². The molecule has 20 heavy (non-hydrogen) atoms. The van der Waals surface area contributed by atoms with Gasteiger partial charge in [-0.25, -0.2) is 0 Å². The molecule has 0 aromatic heterocycles. The fraction of sp³-hybridized carbons (Fsp3) is 0.250. The van der Waals surface area contributed by atoms with Gasteiger partial charge in [0.15, 0.2) is 0 Å². The number of halogens is 2. The van der Waals surface area contributed by atoms with E-state index in [9.17, 15) is 5.11 Å². The van der Waals surface area contributed by atoms with Gasteiger partial charge in [0.25, 0.3) is 0 Å². The number of hydrogen-bond acceptors (Lipinski definition) is 2. The molecule has 106 valence electrons. The standard InChI is InChI=1S/C16H17BrClNO/c1-11(12-3-6-15(18)7-4-12)19(2)16-8-5-14(17)9-13(16)10-20/h3-9,11,20H,10H2,1-2H3. The summed E-state index contributed by atoms with van der Waals surface area (Å²) in [6.07, 6.45) is 0. The van der Waals surface area contributed by atoms with Crippen LogP contribution in [0.25, 0.3) is 0 Å². The minimum atomic E-state index is 0.0203. The lowest BCUT2D eigenvalue weighted by molar-refractivity contribution is 0.282. The zero-order valence-electron chi connectivity index (χ0n) is 11.5. The van der Waals surface area contributed by atoms with E-state index in [1.807, 2.05) is 49.5 Å². The molecule has 0 saturated heterocycles. The molecule has 0 aliphatic rings. The maximum Gasteiger partial charge on any atom is 0.0702 e. The predicted octanol–water partition coefficient (Wildman–Crippen LogP) is 4.79. The number of benzene rings is 2. The van der Waals surface area contributed by atoms with Crippen LogP contribution in [0.5, 0.6) is 0 Å². The van der Waals surface area contributed by atoms with Crippen molar-refractivity contribution in [3.8, 4) is 0 Å². The molecule has 4 heteroatoms. The van der Waals surface area contributed by atoms with Crippen LogP contribution in [-0.4, -0.2) is 12.2 Å². The number of rotatable bonds is 4. The number of aliphatic hydroxyl groups is 1. The SMILES string of the molecule is CC(c1ccc(Cl)cc1)N(C)c1ccc(Br)cc1CO. The molecule has 0 aliphatic heterocycles. The third-order valence-electron chi connectivity index (χ3n) is 3.53. The van der Waals surface area contributed by atoms with Crippen molar-refractivity contribution in [2.45, 2.75) is 19.6 Å². The molecule has 0 fully saturated rings. The minimum absolute atomic E-state index is 0.0203. The molecule has 2 rings (SSSR count). The van der Waals surface area contributed by atoms with Gasteiger partial charge < -0.3 is 10.0 Å². The van der Waals surface area contributed by atoms with E-state index in [1.54, 1.807) is 0 Å². The molecule has 1 atom stereocenters. The lowest BCUT2D eigenvalue weighted by Gasteiger charge is -2.29. The predicted molar refractivity (Wildman–Crippen MR) is 88.3 cm³/mol. The van der Waals surface area contributed by atoms with Gasteiger partial charge in [-0.05, 0) is 42.8 Å². The van der Waals surface area contributed by atoms with Crippen molar-refractivity contribution in [2.24, 2.45) is 0 Å². The van der Waals surface area contributed by atoms with E-state index in [0.717, 1.165) is 20.7 Å². The van der Waals surface area contributed by atoms with Gasteiger partial charge in [-0.15, -0.1) is 0 Å². The first-order valence-corrected chi connectivity index (χ1v) is 7.57. The molecule has 0 aliphatic carbocycles. The topological polar surface area (TPSA) is 23.5 Å². The second-order valence-electron chi connectivity index (χ2n) is 4.77. The smallest absolute Gasteiger partial charge is 0.0702 e. The van der Waals surface area contributed by atoms with Crippen LogP contribution in [0.3, 0.4) is 0 Å². The average Bonchev–Trinajstić information content (AvgIpc) is 2.46. The Kier molecular flexibility index (Phi) is 5.08. The van der Waals surface area contributed by atoms with Crippen LogP contribution in [-0.2, 0) is 6.61 Å². The highest BCUT2D eigenvalue weighted by molar-refractivity contribution is 9.10. The zero-order chi connectivity index (χ0) is 14.7. The molecular formula is C16H17BrClNO. The summed E-state index contributed by atoms with van der Waals surface area (Å²) in [6.45, 7) is 2.15. The summed E-state index contributed by atoms with van der Waals surface area (Å²) >= 11 is 9.36. The van der Waals surface area contributed by atoms with Gasteiger partial charge >= 0.3 is 0 Å². The largest absolute Gasteiger partial charge is 0.392 e. The van der Waals surface area contributed by atoms with Crippen molar-refractivity contribution in [1.29, 1.82) is 0 Å². The highest BCUT2D eigenvalue weighted by Gasteiger charge is 2.15. The molecule has 0 saturated carbocycles. The lowest BCUT2D eigenvalue weighted by Crippen LogP contribution is -2.22. The van der Waals surface area contributed by atoms with Crippen molar-refractivity contribution >= 4 is 33.2 Å². The monoisotopic (exact) mass is 353 g/mol. The Morgan fingerprint density at radius 1 is 1.20 bits per heavy atom. The number of nitrogens with zero attached hydrogens (tertiary/aromatic N) is 1. The summed E-state index contributed by atoms with van der Waals surface area (Å²) in [7, 11) is 2.03. The third kappa shape index (κ3) is 3.35. The van der Waals surface area contributed by atoms with E-state index in [1.165, 1.54) is 5.56 Å². The van der Waals surface area contributed by atoms with E-state index < -0.39 is 0 Å². The molecule has 2 aromatic carbocycles. The minimum Gasteiger partial charge on any atom is -0.392 e. The van der Waals surface area contributed by atoms with Crippen molar-refractivity contribution in [3.05, 3.63) is 63.1 Å². The van der Waals surface area contributed by atoms with Crippen LogP contribution >= 0.6 is 27.5 Å². The number of hydrogen-bond donors (Lipinski definition) is 1. The van der Waals surface area contributed by atoms with Gasteiger partial charge in [-0.2, -0.15) is 0 Å². The molecule has 0 spiro atoms. The highest BCUT2D eigenvalue weighted by Crippen LogP contribution is 2.30. The van der Waals surface area contributed by atoms with Gasteiger partial charge in [0.05, 0.1) is 12.6 Å². The fourth-order valence-electron chi connectivity index (χ4n) is 2.20. The Bertz CT molecular complexity index is 586. The Hall–Kier alpha value is -1.03. The lowest BCUT2D eigenvalue weighted by atomic mass is 10.1. The maximum atomic E-state index is 9.52. The summed E-state index contributed by atoms with van der Waals surface area (Å²) in [6, 6.07) is 14.0. The number of aliphatic hydroxyl groups excluding tert-OH is 1. The molecular weight excluding hydrogens is 338 g/mol. The summed E-state index contributed by atoms with van der Waals surface area (Å²) in [4.78, 5) is 2.15. The van der Waals surface area contributed by atoms with Crippen LogP contribution < -0.4 is 4.90 Å². The van der Waals surface area contributed by atoms with Crippen molar-refractivity contribution in [3.63, 3.8) is 0 Å². The van der Waals surface area contributed by atoms with Gasteiger partial charge in [-0.3, -0.25) is 0 Å². The summed E-state index contributed by atoms with van der Waals surface area (Å²) in [5.41, 5.74) is 3.12. The molecule has 2 nitrogen and oxygen atoms in total. The molecule has 1 N–H and O–H groups in total. The van der Waals surface area contributed by atoms with Crippen LogP contribution in [0.1, 0.15) is 24.1 Å². The first-order chi connectivity index (χ1) is 9.52. The van der Waals surface area contributed by atoms with Crippen LogP contribution in [0.4, 0.5) is 5.69 Å². The normalized spacial score (nSPS) is 12.2. The first-order valence-electron chi connectivity index (χ1n) is 6.40. The Morgan fingerprint density at radius 3 is 2.45 bits per heavy atom. The summed E-state index contributed by atoms with van der Waals surface area (Å²) in [5, 5.41) is 10.3. The van der Waals surface area contributed by atoms with Gasteiger partial charge in [0.2, 0.25) is 0 Å². The molecule has 0 heterocycles. The summed E-state index contributed by atoms with van der Waals surface area (Å²) < 4.78 is 0.970. The third-order valence-corrected chi connectivity index (χ3v) is 4.27. The van der Waals surface area contributed by atoms with Crippen LogP contribution in [0.2, 0.25) is 5.02 Å². The van der Waals surface area contributed by atoms with E-state index in [2.05, 4.69) is 27.8 Å². The first kappa shape index (κ1) is 15.4. The van der Waals surface area contributed by atoms with E-state index >= 15 is 0 Å². The molecule has 0 radical (unpaired) electrons. The second kappa shape index (κ2) is 6.61. The van der Waals surface area contributed by atoms with Crippen LogP contribution in [0, 0.1) is 0 Å². The van der Waals surface area contributed by atoms with E-state index in [0.29, 0.717) is 0 Å². The van der Waals surface area contributed by atoms with Gasteiger partial charge in [0.1, 0.15) is 0 Å². The Morgan fingerprint density at radius 2 is 1.85 bits per heavy atom. The fourth-order valence-corrected chi connectivity index (χ4v) is 2.73. The molecule has 0 amide bonds. The molecule has 1 unspecified atom stereocenters. The van der Waals surface area contributed by atoms with Crippen molar-refractivity contribution in [1.82, 2.24) is 0 Å². The maximum absolute atomic E-state index is 9.52. The van der Waals surface area contributed by atoms with E-state index in [4.69, 9.17) is 11.6 Å². The summed E-state index contributed by atoms with van der Waals surface area (Å²) in [5.74, 6) is 0. The zero-order valence-corrected chi connectivity index (χ0v) is 13.8. The van der Waals surface area contributed by atoms with Crippen molar-refractivity contribution < 1.29 is 5.11 Å². The number of anilines is 1.